The first-order chi connectivity index (χ1) is 16.1. The number of likely N-dealkylation sites (tertiary alicyclic amines) is 2. The zero-order valence-electron chi connectivity index (χ0n) is 19.9. The van der Waals surface area contributed by atoms with E-state index >= 15 is 0 Å². The normalized spacial score (nSPS) is 22.7. The average Bonchev–Trinajstić information content (AvgIpc) is 3.23. The molecular formula is C25H40N2O6. The number of carbonyl (C=O) groups excluding carboxylic acids is 3. The molecule has 0 spiro atoms. The average molecular weight is 465 g/mol. The largest absolute Gasteiger partial charge is 0.463 e. The zero-order chi connectivity index (χ0) is 23.3. The zero-order valence-corrected chi connectivity index (χ0v) is 19.9. The molecule has 3 aliphatic heterocycles. The highest BCUT2D eigenvalue weighted by Gasteiger charge is 2.37. The van der Waals surface area contributed by atoms with Gasteiger partial charge in [0.1, 0.15) is 6.10 Å². The van der Waals surface area contributed by atoms with Crippen LogP contribution in [0, 0.1) is 0 Å². The molecule has 0 aromatic heterocycles. The summed E-state index contributed by atoms with van der Waals surface area (Å²) in [6.45, 7) is 4.63. The summed E-state index contributed by atoms with van der Waals surface area (Å²) >= 11 is 0. The quantitative estimate of drug-likeness (QED) is 0.142. The lowest BCUT2D eigenvalue weighted by Gasteiger charge is -2.14. The third kappa shape index (κ3) is 9.84. The molecule has 0 radical (unpaired) electrons. The van der Waals surface area contributed by atoms with E-state index in [0.717, 1.165) is 90.4 Å². The Bertz CT molecular complexity index is 667. The molecule has 3 aliphatic rings. The summed E-state index contributed by atoms with van der Waals surface area (Å²) < 4.78 is 16.3. The van der Waals surface area contributed by atoms with Gasteiger partial charge in [0.15, 0.2) is 6.29 Å². The SMILES string of the molecule is O=C(C=CC1O[C@H]1OCCCCCCN1CCCC1=O)OCCCCCCN1CCCC1=O. The summed E-state index contributed by atoms with van der Waals surface area (Å²) in [6.07, 6.45) is 14.2. The fraction of sp³-hybridized carbons (Fsp3) is 0.800. The second-order valence-electron chi connectivity index (χ2n) is 9.16. The number of hydrogen-bond donors (Lipinski definition) is 0. The summed E-state index contributed by atoms with van der Waals surface area (Å²) in [6, 6.07) is 0. The molecule has 0 N–H and O–H groups in total. The lowest BCUT2D eigenvalue weighted by Crippen LogP contribution is -2.25. The maximum atomic E-state index is 11.8. The lowest BCUT2D eigenvalue weighted by molar-refractivity contribution is -0.138. The highest BCUT2D eigenvalue weighted by Crippen LogP contribution is 2.25. The van der Waals surface area contributed by atoms with Crippen molar-refractivity contribution in [2.45, 2.75) is 89.4 Å². The molecule has 0 aliphatic carbocycles. The molecule has 1 unspecified atom stereocenters. The number of rotatable bonds is 17. The Morgan fingerprint density at radius 1 is 0.848 bits per heavy atom. The van der Waals surface area contributed by atoms with Crippen molar-refractivity contribution in [1.82, 2.24) is 9.80 Å². The molecule has 33 heavy (non-hydrogen) atoms. The van der Waals surface area contributed by atoms with Gasteiger partial charge in [-0.25, -0.2) is 4.79 Å². The van der Waals surface area contributed by atoms with Crippen molar-refractivity contribution in [3.8, 4) is 0 Å². The van der Waals surface area contributed by atoms with Crippen LogP contribution in [0.1, 0.15) is 77.0 Å². The molecule has 8 nitrogen and oxygen atoms in total. The first kappa shape index (κ1) is 25.7. The topological polar surface area (TPSA) is 88.7 Å². The molecule has 3 fully saturated rings. The number of ether oxygens (including phenoxy) is 3. The minimum Gasteiger partial charge on any atom is -0.463 e. The number of carbonyl (C=O) groups is 3. The number of nitrogens with zero attached hydrogens (tertiary/aromatic N) is 2. The van der Waals surface area contributed by atoms with E-state index in [0.29, 0.717) is 32.0 Å². The van der Waals surface area contributed by atoms with Gasteiger partial charge < -0.3 is 24.0 Å². The first-order valence-electron chi connectivity index (χ1n) is 12.8. The molecule has 2 amide bonds. The first-order valence-corrected chi connectivity index (χ1v) is 12.8. The van der Waals surface area contributed by atoms with Crippen LogP contribution >= 0.6 is 0 Å². The predicted molar refractivity (Wildman–Crippen MR) is 123 cm³/mol. The third-order valence-corrected chi connectivity index (χ3v) is 6.42. The van der Waals surface area contributed by atoms with Crippen molar-refractivity contribution in [2.75, 3.05) is 39.4 Å². The van der Waals surface area contributed by atoms with E-state index in [9.17, 15) is 14.4 Å². The van der Waals surface area contributed by atoms with Crippen molar-refractivity contribution >= 4 is 17.8 Å². The van der Waals surface area contributed by atoms with Crippen molar-refractivity contribution in [2.24, 2.45) is 0 Å². The minimum absolute atomic E-state index is 0.160. The van der Waals surface area contributed by atoms with Crippen molar-refractivity contribution < 1.29 is 28.6 Å². The second-order valence-corrected chi connectivity index (χ2v) is 9.16. The standard InChI is InChI=1S/C25H40N2O6/c28-22-11-9-17-26(22)15-5-1-3-7-19-31-24(30)14-13-21-25(33-21)32-20-8-4-2-6-16-27-18-10-12-23(27)29/h13-14,21,25H,1-12,15-20H2/t21?,25-/m1/s1. The number of hydrogen-bond acceptors (Lipinski definition) is 6. The van der Waals surface area contributed by atoms with Gasteiger partial charge in [0.2, 0.25) is 11.8 Å². The molecule has 3 saturated heterocycles. The Hall–Kier alpha value is -1.93. The monoisotopic (exact) mass is 464 g/mol. The van der Waals surface area contributed by atoms with Crippen LogP contribution in [0.15, 0.2) is 12.2 Å². The summed E-state index contributed by atoms with van der Waals surface area (Å²) in [5, 5.41) is 0. The van der Waals surface area contributed by atoms with Gasteiger partial charge in [-0.15, -0.1) is 0 Å². The molecule has 0 saturated carbocycles. The van der Waals surface area contributed by atoms with Crippen molar-refractivity contribution in [3.05, 3.63) is 12.2 Å². The van der Waals surface area contributed by atoms with Crippen molar-refractivity contribution in [3.63, 3.8) is 0 Å². The maximum Gasteiger partial charge on any atom is 0.330 e. The molecule has 0 aromatic carbocycles. The Labute approximate surface area is 197 Å². The predicted octanol–water partition coefficient (Wildman–Crippen LogP) is 3.19. The van der Waals surface area contributed by atoms with Crippen LogP contribution < -0.4 is 0 Å². The van der Waals surface area contributed by atoms with Gasteiger partial charge in [-0.1, -0.05) is 19.3 Å². The van der Waals surface area contributed by atoms with E-state index in [1.165, 1.54) is 6.08 Å². The van der Waals surface area contributed by atoms with Crippen LogP contribution in [0.2, 0.25) is 0 Å². The molecule has 0 aromatic rings. The Morgan fingerprint density at radius 3 is 2.00 bits per heavy atom. The van der Waals surface area contributed by atoms with Crippen LogP contribution in [-0.2, 0) is 28.6 Å². The Balaban J connectivity index is 1.08. The lowest BCUT2D eigenvalue weighted by atomic mass is 10.2. The smallest absolute Gasteiger partial charge is 0.330 e. The maximum absolute atomic E-state index is 11.8. The van der Waals surface area contributed by atoms with E-state index in [4.69, 9.17) is 14.2 Å². The highest BCUT2D eigenvalue weighted by molar-refractivity contribution is 5.82. The molecule has 3 heterocycles. The highest BCUT2D eigenvalue weighted by atomic mass is 16.8. The van der Waals surface area contributed by atoms with Crippen molar-refractivity contribution in [1.29, 1.82) is 0 Å². The molecule has 0 bridgehead atoms. The summed E-state index contributed by atoms with van der Waals surface area (Å²) in [5.41, 5.74) is 0. The summed E-state index contributed by atoms with van der Waals surface area (Å²) in [7, 11) is 0. The van der Waals surface area contributed by atoms with Gasteiger partial charge in [0.05, 0.1) is 6.61 Å². The Morgan fingerprint density at radius 2 is 1.42 bits per heavy atom. The van der Waals surface area contributed by atoms with Gasteiger partial charge in [0.25, 0.3) is 0 Å². The number of epoxide rings is 1. The van der Waals surface area contributed by atoms with Gasteiger partial charge in [0, 0.05) is 51.7 Å². The summed E-state index contributed by atoms with van der Waals surface area (Å²) in [4.78, 5) is 38.8. The molecule has 8 heteroatoms. The second kappa shape index (κ2) is 14.4. The van der Waals surface area contributed by atoms with Gasteiger partial charge in [-0.2, -0.15) is 0 Å². The van der Waals surface area contributed by atoms with Gasteiger partial charge in [-0.3, -0.25) is 9.59 Å². The molecule has 2 atom stereocenters. The van der Waals surface area contributed by atoms with E-state index in [1.807, 2.05) is 9.80 Å². The van der Waals surface area contributed by atoms with Crippen LogP contribution in [0.4, 0.5) is 0 Å². The van der Waals surface area contributed by atoms with Crippen LogP contribution in [0.3, 0.4) is 0 Å². The number of unbranched alkanes of at least 4 members (excludes halogenated alkanes) is 6. The van der Waals surface area contributed by atoms with Gasteiger partial charge in [-0.05, 0) is 51.0 Å². The number of esters is 1. The van der Waals surface area contributed by atoms with Gasteiger partial charge >= 0.3 is 5.97 Å². The summed E-state index contributed by atoms with van der Waals surface area (Å²) in [5.74, 6) is 0.240. The van der Waals surface area contributed by atoms with Crippen LogP contribution in [0.25, 0.3) is 0 Å². The van der Waals surface area contributed by atoms with E-state index in [2.05, 4.69) is 0 Å². The van der Waals surface area contributed by atoms with Crippen LogP contribution in [0.5, 0.6) is 0 Å². The van der Waals surface area contributed by atoms with E-state index in [-0.39, 0.29) is 24.3 Å². The van der Waals surface area contributed by atoms with E-state index in [1.54, 1.807) is 6.08 Å². The Kier molecular flexibility index (Phi) is 11.2. The molecular weight excluding hydrogens is 424 g/mol. The molecule has 3 rings (SSSR count). The van der Waals surface area contributed by atoms with Crippen LogP contribution in [-0.4, -0.2) is 79.4 Å². The number of amides is 2. The minimum atomic E-state index is -0.344. The fourth-order valence-corrected chi connectivity index (χ4v) is 4.37. The molecule has 186 valence electrons. The fourth-order valence-electron chi connectivity index (χ4n) is 4.37. The third-order valence-electron chi connectivity index (χ3n) is 6.42. The van der Waals surface area contributed by atoms with E-state index < -0.39 is 0 Å².